The number of ether oxygens (including phenoxy) is 1. The van der Waals surface area contributed by atoms with Gasteiger partial charge < -0.3 is 19.9 Å². The number of methoxy groups -OCH3 is 1. The van der Waals surface area contributed by atoms with Crippen molar-refractivity contribution in [1.82, 2.24) is 14.9 Å². The summed E-state index contributed by atoms with van der Waals surface area (Å²) >= 11 is 0. The molecule has 0 saturated heterocycles. The summed E-state index contributed by atoms with van der Waals surface area (Å²) < 4.78 is 6.98. The quantitative estimate of drug-likeness (QED) is 0.805. The maximum absolute atomic E-state index is 12.0. The molecule has 2 aromatic rings. The van der Waals surface area contributed by atoms with E-state index in [2.05, 4.69) is 15.6 Å². The fourth-order valence-electron chi connectivity index (χ4n) is 1.98. The highest BCUT2D eigenvalue weighted by molar-refractivity contribution is 5.92. The molecule has 1 heterocycles. The van der Waals surface area contributed by atoms with E-state index in [1.165, 1.54) is 0 Å². The SMILES string of the molecule is CNCCc1cn(CC(=O)Nc2ccccc2OC)cn1. The molecule has 0 saturated carbocycles. The van der Waals surface area contributed by atoms with Gasteiger partial charge in [-0.3, -0.25) is 4.79 Å². The monoisotopic (exact) mass is 288 g/mol. The van der Waals surface area contributed by atoms with Gasteiger partial charge in [-0.15, -0.1) is 0 Å². The molecule has 0 aliphatic carbocycles. The van der Waals surface area contributed by atoms with Crippen molar-refractivity contribution in [2.75, 3.05) is 26.0 Å². The molecule has 0 unspecified atom stereocenters. The molecular weight excluding hydrogens is 268 g/mol. The Balaban J connectivity index is 1.93. The number of carbonyl (C=O) groups is 1. The van der Waals surface area contributed by atoms with Crippen LogP contribution in [0.25, 0.3) is 0 Å². The van der Waals surface area contributed by atoms with E-state index in [9.17, 15) is 4.79 Å². The topological polar surface area (TPSA) is 68.2 Å². The number of nitrogens with zero attached hydrogens (tertiary/aromatic N) is 2. The average Bonchev–Trinajstić information content (AvgIpc) is 2.93. The molecule has 1 aromatic heterocycles. The lowest BCUT2D eigenvalue weighted by atomic mass is 10.3. The van der Waals surface area contributed by atoms with Crippen LogP contribution in [0.1, 0.15) is 5.69 Å². The lowest BCUT2D eigenvalue weighted by molar-refractivity contribution is -0.116. The second-order valence-corrected chi connectivity index (χ2v) is 4.64. The zero-order valence-corrected chi connectivity index (χ0v) is 12.3. The van der Waals surface area contributed by atoms with Crippen molar-refractivity contribution in [3.63, 3.8) is 0 Å². The van der Waals surface area contributed by atoms with Crippen molar-refractivity contribution in [3.05, 3.63) is 42.5 Å². The van der Waals surface area contributed by atoms with Gasteiger partial charge in [-0.1, -0.05) is 12.1 Å². The number of rotatable bonds is 7. The first-order chi connectivity index (χ1) is 10.2. The first-order valence-electron chi connectivity index (χ1n) is 6.81. The van der Waals surface area contributed by atoms with Crippen LogP contribution >= 0.6 is 0 Å². The number of anilines is 1. The third-order valence-corrected chi connectivity index (χ3v) is 3.03. The molecule has 0 spiro atoms. The third kappa shape index (κ3) is 4.32. The molecule has 6 heteroatoms. The van der Waals surface area contributed by atoms with Gasteiger partial charge in [-0.25, -0.2) is 4.98 Å². The second-order valence-electron chi connectivity index (χ2n) is 4.64. The van der Waals surface area contributed by atoms with Crippen LogP contribution in [0.5, 0.6) is 5.75 Å². The summed E-state index contributed by atoms with van der Waals surface area (Å²) in [5, 5.41) is 5.91. The van der Waals surface area contributed by atoms with Gasteiger partial charge in [0.1, 0.15) is 12.3 Å². The van der Waals surface area contributed by atoms with Gasteiger partial charge in [-0.05, 0) is 19.2 Å². The molecule has 0 aliphatic rings. The van der Waals surface area contributed by atoms with Crippen molar-refractivity contribution < 1.29 is 9.53 Å². The highest BCUT2D eigenvalue weighted by atomic mass is 16.5. The summed E-state index contributed by atoms with van der Waals surface area (Å²) in [6.07, 6.45) is 4.41. The molecule has 1 aromatic carbocycles. The van der Waals surface area contributed by atoms with Gasteiger partial charge in [0.2, 0.25) is 5.91 Å². The van der Waals surface area contributed by atoms with Crippen LogP contribution in [-0.2, 0) is 17.8 Å². The van der Waals surface area contributed by atoms with Crippen molar-refractivity contribution in [1.29, 1.82) is 0 Å². The highest BCUT2D eigenvalue weighted by Gasteiger charge is 2.08. The number of benzene rings is 1. The fraction of sp³-hybridized carbons (Fsp3) is 0.333. The minimum absolute atomic E-state index is 0.114. The van der Waals surface area contributed by atoms with E-state index in [-0.39, 0.29) is 12.5 Å². The third-order valence-electron chi connectivity index (χ3n) is 3.03. The van der Waals surface area contributed by atoms with Gasteiger partial charge in [0.25, 0.3) is 0 Å². The van der Waals surface area contributed by atoms with Crippen molar-refractivity contribution in [2.45, 2.75) is 13.0 Å². The first kappa shape index (κ1) is 15.1. The molecule has 21 heavy (non-hydrogen) atoms. The Kier molecular flexibility index (Phi) is 5.34. The van der Waals surface area contributed by atoms with Crippen LogP contribution in [0.15, 0.2) is 36.8 Å². The van der Waals surface area contributed by atoms with Crippen LogP contribution in [0.4, 0.5) is 5.69 Å². The number of carbonyl (C=O) groups excluding carboxylic acids is 1. The molecule has 2 rings (SSSR count). The van der Waals surface area contributed by atoms with Gasteiger partial charge in [0, 0.05) is 19.2 Å². The maximum atomic E-state index is 12.0. The summed E-state index contributed by atoms with van der Waals surface area (Å²) in [4.78, 5) is 16.3. The number of aromatic nitrogens is 2. The standard InChI is InChI=1S/C15H20N4O2/c1-16-8-7-12-9-19(11-17-12)10-15(20)18-13-5-3-4-6-14(13)21-2/h3-6,9,11,16H,7-8,10H2,1-2H3,(H,18,20). The Morgan fingerprint density at radius 2 is 2.19 bits per heavy atom. The molecule has 1 amide bonds. The Morgan fingerprint density at radius 3 is 2.95 bits per heavy atom. The summed E-state index contributed by atoms with van der Waals surface area (Å²) in [6, 6.07) is 7.33. The van der Waals surface area contributed by atoms with Crippen molar-refractivity contribution in [2.24, 2.45) is 0 Å². The van der Waals surface area contributed by atoms with E-state index in [4.69, 9.17) is 4.74 Å². The van der Waals surface area contributed by atoms with E-state index in [0.29, 0.717) is 11.4 Å². The molecule has 2 N–H and O–H groups in total. The lowest BCUT2D eigenvalue weighted by Crippen LogP contribution is -2.18. The number of amides is 1. The average molecular weight is 288 g/mol. The summed E-state index contributed by atoms with van der Waals surface area (Å²) in [5.74, 6) is 0.531. The molecule has 6 nitrogen and oxygen atoms in total. The number of para-hydroxylation sites is 2. The number of hydrogen-bond donors (Lipinski definition) is 2. The van der Waals surface area contributed by atoms with Gasteiger partial charge in [-0.2, -0.15) is 0 Å². The predicted molar refractivity (Wildman–Crippen MR) is 81.5 cm³/mol. The van der Waals surface area contributed by atoms with Gasteiger partial charge in [0.15, 0.2) is 0 Å². The van der Waals surface area contributed by atoms with Crippen molar-refractivity contribution in [3.8, 4) is 5.75 Å². The summed E-state index contributed by atoms with van der Waals surface area (Å²) in [7, 11) is 3.48. The Labute approximate surface area is 124 Å². The van der Waals surface area contributed by atoms with E-state index in [1.807, 2.05) is 37.5 Å². The largest absolute Gasteiger partial charge is 0.495 e. The van der Waals surface area contributed by atoms with Crippen molar-refractivity contribution >= 4 is 11.6 Å². The normalized spacial score (nSPS) is 10.4. The highest BCUT2D eigenvalue weighted by Crippen LogP contribution is 2.22. The van der Waals surface area contributed by atoms with Crippen LogP contribution < -0.4 is 15.4 Å². The molecule has 0 fully saturated rings. The van der Waals surface area contributed by atoms with E-state index < -0.39 is 0 Å². The van der Waals surface area contributed by atoms with E-state index in [1.54, 1.807) is 18.0 Å². The molecular formula is C15H20N4O2. The predicted octanol–water partition coefficient (Wildman–Crippen LogP) is 1.29. The molecule has 0 aliphatic heterocycles. The van der Waals surface area contributed by atoms with Gasteiger partial charge in [0.05, 0.1) is 24.8 Å². The number of nitrogens with one attached hydrogen (secondary N) is 2. The molecule has 0 atom stereocenters. The van der Waals surface area contributed by atoms with Gasteiger partial charge >= 0.3 is 0 Å². The first-order valence-corrected chi connectivity index (χ1v) is 6.81. The molecule has 0 radical (unpaired) electrons. The minimum Gasteiger partial charge on any atom is -0.495 e. The molecule has 112 valence electrons. The van der Waals surface area contributed by atoms with E-state index in [0.717, 1.165) is 18.7 Å². The molecule has 0 bridgehead atoms. The fourth-order valence-corrected chi connectivity index (χ4v) is 1.98. The van der Waals surface area contributed by atoms with Crippen LogP contribution in [0.2, 0.25) is 0 Å². The number of imidazole rings is 1. The number of hydrogen-bond acceptors (Lipinski definition) is 4. The summed E-state index contributed by atoms with van der Waals surface area (Å²) in [5.41, 5.74) is 1.63. The Bertz CT molecular complexity index is 595. The van der Waals surface area contributed by atoms with Crippen LogP contribution in [0, 0.1) is 0 Å². The zero-order chi connectivity index (χ0) is 15.1. The zero-order valence-electron chi connectivity index (χ0n) is 12.3. The Hall–Kier alpha value is -2.34. The maximum Gasteiger partial charge on any atom is 0.244 e. The van der Waals surface area contributed by atoms with Crippen LogP contribution in [0.3, 0.4) is 0 Å². The summed E-state index contributed by atoms with van der Waals surface area (Å²) in [6.45, 7) is 1.09. The number of likely N-dealkylation sites (N-methyl/N-ethyl adjacent to an activating group) is 1. The Morgan fingerprint density at radius 1 is 1.38 bits per heavy atom. The smallest absolute Gasteiger partial charge is 0.244 e. The van der Waals surface area contributed by atoms with E-state index >= 15 is 0 Å². The minimum atomic E-state index is -0.114. The second kappa shape index (κ2) is 7.44. The lowest BCUT2D eigenvalue weighted by Gasteiger charge is -2.09. The van der Waals surface area contributed by atoms with Crippen LogP contribution in [-0.4, -0.2) is 36.2 Å².